The first-order valence-corrected chi connectivity index (χ1v) is 11.7. The number of halogens is 5. The number of amides is 2. The van der Waals surface area contributed by atoms with Gasteiger partial charge >= 0.3 is 6.18 Å². The monoisotopic (exact) mass is 550 g/mol. The van der Waals surface area contributed by atoms with Crippen LogP contribution in [0.5, 0.6) is 11.6 Å². The molecule has 1 aliphatic heterocycles. The van der Waals surface area contributed by atoms with Gasteiger partial charge in [0.2, 0.25) is 11.8 Å². The number of nitrogens with two attached hydrogens (primary N) is 2. The first-order chi connectivity index (χ1) is 18.4. The number of hydrogen-bond donors (Lipinski definition) is 2. The highest BCUT2D eigenvalue weighted by molar-refractivity contribution is 6.03. The topological polar surface area (TPSA) is 129 Å². The van der Waals surface area contributed by atoms with E-state index in [9.17, 15) is 31.5 Å². The van der Waals surface area contributed by atoms with Gasteiger partial charge in [-0.25, -0.2) is 18.4 Å². The number of nitrogens with zero attached hydrogens (tertiary/aromatic N) is 4. The Bertz CT molecular complexity index is 1390. The Morgan fingerprint density at radius 1 is 1.13 bits per heavy atom. The van der Waals surface area contributed by atoms with Crippen LogP contribution in [-0.2, 0) is 11.0 Å². The van der Waals surface area contributed by atoms with E-state index in [1.54, 1.807) is 0 Å². The van der Waals surface area contributed by atoms with E-state index in [-0.39, 0.29) is 35.2 Å². The molecule has 39 heavy (non-hydrogen) atoms. The molecule has 1 atom stereocenters. The summed E-state index contributed by atoms with van der Waals surface area (Å²) in [6, 6.07) is 8.77. The summed E-state index contributed by atoms with van der Waals surface area (Å²) in [5, 5.41) is 4.48. The summed E-state index contributed by atoms with van der Waals surface area (Å²) in [6.07, 6.45) is -4.95. The molecule has 2 amide bonds. The molecule has 206 valence electrons. The van der Waals surface area contributed by atoms with Crippen molar-refractivity contribution in [3.8, 4) is 22.9 Å². The molecule has 1 aromatic carbocycles. The molecule has 0 spiro atoms. The average molecular weight is 550 g/mol. The van der Waals surface area contributed by atoms with Crippen molar-refractivity contribution < 1.29 is 36.3 Å². The number of benzene rings is 1. The number of aromatic nitrogens is 3. The predicted molar refractivity (Wildman–Crippen MR) is 130 cm³/mol. The number of alkyl halides is 5. The zero-order valence-corrected chi connectivity index (χ0v) is 20.2. The third-order valence-corrected chi connectivity index (χ3v) is 6.00. The van der Waals surface area contributed by atoms with Crippen LogP contribution in [0, 0.1) is 0 Å². The smallest absolute Gasteiger partial charge is 0.433 e. The molecule has 0 radical (unpaired) electrons. The number of rotatable bonds is 7. The van der Waals surface area contributed by atoms with Gasteiger partial charge in [-0.1, -0.05) is 6.07 Å². The number of allylic oxidation sites excluding steroid dienone is 1. The molecule has 2 aromatic heterocycles. The Balaban J connectivity index is 1.57. The largest absolute Gasteiger partial charge is 0.439 e. The fourth-order valence-corrected chi connectivity index (χ4v) is 4.22. The maximum atomic E-state index is 12.9. The minimum absolute atomic E-state index is 0.0200. The number of piperidine rings is 1. The zero-order chi connectivity index (χ0) is 28.3. The molecule has 0 aliphatic carbocycles. The van der Waals surface area contributed by atoms with Crippen LogP contribution in [0.3, 0.4) is 0 Å². The molecule has 1 saturated heterocycles. The number of likely N-dealkylation sites (tertiary alicyclic amines) is 1. The summed E-state index contributed by atoms with van der Waals surface area (Å²) < 4.78 is 70.5. The molecule has 9 nitrogen and oxygen atoms in total. The Hall–Kier alpha value is -4.49. The molecule has 3 heterocycles. The minimum Gasteiger partial charge on any atom is -0.439 e. The maximum absolute atomic E-state index is 12.9. The van der Waals surface area contributed by atoms with Crippen molar-refractivity contribution in [1.29, 1.82) is 0 Å². The maximum Gasteiger partial charge on any atom is 0.433 e. The standard InChI is InChI=1S/C25H23F5N6O3/c26-18(27)10-11-20(37)35-12-2-3-15(13-35)36-23(31)21(24(32)38)22(34-36)14-6-8-16(9-7-14)39-19-5-1-4-17(33-19)25(28,29)30/h1,4-11,15,18H,2-3,12-13,31H2,(H2,32,38). The molecule has 1 aliphatic rings. The zero-order valence-electron chi connectivity index (χ0n) is 20.2. The van der Waals surface area contributed by atoms with E-state index in [4.69, 9.17) is 16.2 Å². The first-order valence-electron chi connectivity index (χ1n) is 11.7. The Morgan fingerprint density at radius 2 is 1.85 bits per heavy atom. The van der Waals surface area contributed by atoms with Crippen LogP contribution in [0.1, 0.15) is 34.9 Å². The summed E-state index contributed by atoms with van der Waals surface area (Å²) in [5.74, 6) is -1.52. The lowest BCUT2D eigenvalue weighted by molar-refractivity contribution is -0.141. The molecule has 14 heteroatoms. The van der Waals surface area contributed by atoms with Crippen LogP contribution in [0.25, 0.3) is 11.3 Å². The van der Waals surface area contributed by atoms with Crippen molar-refractivity contribution in [3.63, 3.8) is 0 Å². The van der Waals surface area contributed by atoms with E-state index in [0.717, 1.165) is 12.1 Å². The lowest BCUT2D eigenvalue weighted by atomic mass is 10.1. The molecule has 0 saturated carbocycles. The first kappa shape index (κ1) is 27.5. The highest BCUT2D eigenvalue weighted by atomic mass is 19.4. The summed E-state index contributed by atoms with van der Waals surface area (Å²) in [6.45, 7) is 0.495. The van der Waals surface area contributed by atoms with Gasteiger partial charge in [-0.05, 0) is 49.2 Å². The van der Waals surface area contributed by atoms with Gasteiger partial charge < -0.3 is 21.1 Å². The van der Waals surface area contributed by atoms with E-state index in [2.05, 4.69) is 10.1 Å². The van der Waals surface area contributed by atoms with Gasteiger partial charge in [0.25, 0.3) is 12.3 Å². The average Bonchev–Trinajstić information content (AvgIpc) is 3.24. The number of primary amides is 1. The number of hydrogen-bond acceptors (Lipinski definition) is 6. The number of anilines is 1. The van der Waals surface area contributed by atoms with E-state index < -0.39 is 36.2 Å². The van der Waals surface area contributed by atoms with Crippen molar-refractivity contribution >= 4 is 17.6 Å². The fraction of sp³-hybridized carbons (Fsp3) is 0.280. The number of carbonyl (C=O) groups is 2. The molecule has 1 unspecified atom stereocenters. The van der Waals surface area contributed by atoms with Gasteiger partial charge in [0.05, 0.1) is 6.04 Å². The number of ether oxygens (including phenoxy) is 1. The summed E-state index contributed by atoms with van der Waals surface area (Å²) in [7, 11) is 0. The van der Waals surface area contributed by atoms with Crippen molar-refractivity contribution in [3.05, 3.63) is 65.9 Å². The molecule has 1 fully saturated rings. The fourth-order valence-electron chi connectivity index (χ4n) is 4.22. The predicted octanol–water partition coefficient (Wildman–Crippen LogP) is 4.42. The van der Waals surface area contributed by atoms with Gasteiger partial charge in [0.1, 0.15) is 28.5 Å². The van der Waals surface area contributed by atoms with Gasteiger partial charge in [0, 0.05) is 30.8 Å². The highest BCUT2D eigenvalue weighted by Crippen LogP contribution is 2.34. The van der Waals surface area contributed by atoms with Gasteiger partial charge in [0.15, 0.2) is 0 Å². The van der Waals surface area contributed by atoms with Gasteiger partial charge in [-0.3, -0.25) is 9.59 Å². The summed E-state index contributed by atoms with van der Waals surface area (Å²) >= 11 is 0. The number of nitrogen functional groups attached to an aromatic ring is 1. The van der Waals surface area contributed by atoms with E-state index in [0.29, 0.717) is 31.0 Å². The quantitative estimate of drug-likeness (QED) is 0.331. The second-order valence-corrected chi connectivity index (χ2v) is 8.68. The Labute approximate surface area is 218 Å². The van der Waals surface area contributed by atoms with E-state index in [1.807, 2.05) is 0 Å². The second kappa shape index (κ2) is 11.1. The molecular formula is C25H23F5N6O3. The minimum atomic E-state index is -4.63. The normalized spacial score (nSPS) is 16.2. The Morgan fingerprint density at radius 3 is 2.49 bits per heavy atom. The van der Waals surface area contributed by atoms with Crippen molar-refractivity contribution in [1.82, 2.24) is 19.7 Å². The Kier molecular flexibility index (Phi) is 7.83. The molecule has 4 N–H and O–H groups in total. The number of pyridine rings is 1. The second-order valence-electron chi connectivity index (χ2n) is 8.68. The van der Waals surface area contributed by atoms with Crippen LogP contribution in [0.4, 0.5) is 27.8 Å². The van der Waals surface area contributed by atoms with Gasteiger partial charge in [-0.2, -0.15) is 18.3 Å². The van der Waals surface area contributed by atoms with Crippen LogP contribution >= 0.6 is 0 Å². The van der Waals surface area contributed by atoms with Crippen molar-refractivity contribution in [2.24, 2.45) is 5.73 Å². The van der Waals surface area contributed by atoms with Crippen LogP contribution in [-0.4, -0.2) is 51.0 Å². The third kappa shape index (κ3) is 6.33. The highest BCUT2D eigenvalue weighted by Gasteiger charge is 2.33. The van der Waals surface area contributed by atoms with E-state index in [1.165, 1.54) is 46.0 Å². The van der Waals surface area contributed by atoms with Gasteiger partial charge in [-0.15, -0.1) is 0 Å². The summed E-state index contributed by atoms with van der Waals surface area (Å²) in [5.41, 5.74) is 11.2. The number of carbonyl (C=O) groups excluding carboxylic acids is 2. The lowest BCUT2D eigenvalue weighted by Crippen LogP contribution is -2.40. The van der Waals surface area contributed by atoms with Crippen LogP contribution in [0.2, 0.25) is 0 Å². The lowest BCUT2D eigenvalue weighted by Gasteiger charge is -2.32. The third-order valence-electron chi connectivity index (χ3n) is 6.00. The SMILES string of the molecule is NC(=O)c1c(-c2ccc(Oc3cccc(C(F)(F)F)n3)cc2)nn(C2CCCN(C(=O)C=CC(F)F)C2)c1N. The van der Waals surface area contributed by atoms with Crippen molar-refractivity contribution in [2.45, 2.75) is 31.5 Å². The van der Waals surface area contributed by atoms with Crippen molar-refractivity contribution in [2.75, 3.05) is 18.8 Å². The van der Waals surface area contributed by atoms with Crippen LogP contribution < -0.4 is 16.2 Å². The molecule has 4 rings (SSSR count). The van der Waals surface area contributed by atoms with E-state index >= 15 is 0 Å². The van der Waals surface area contributed by atoms with Crippen LogP contribution in [0.15, 0.2) is 54.6 Å². The summed E-state index contributed by atoms with van der Waals surface area (Å²) in [4.78, 5) is 29.4. The molecular weight excluding hydrogens is 527 g/mol. The molecule has 0 bridgehead atoms. The molecule has 3 aromatic rings.